The number of unbranched alkanes of at least 4 members (excludes halogenated alkanes) is 4. The van der Waals surface area contributed by atoms with Crippen molar-refractivity contribution in [2.24, 2.45) is 56.4 Å². The average molecular weight is 1320 g/mol. The number of nitrogens with two attached hydrogens (primary N) is 5. The molecule has 0 bridgehead atoms. The Balaban J connectivity index is 2.50. The van der Waals surface area contributed by atoms with E-state index >= 15 is 0 Å². The second kappa shape index (κ2) is 40.1. The van der Waals surface area contributed by atoms with Gasteiger partial charge in [-0.15, -0.1) is 0 Å². The van der Waals surface area contributed by atoms with Gasteiger partial charge in [0, 0.05) is 43.4 Å². The van der Waals surface area contributed by atoms with Gasteiger partial charge in [0.2, 0.25) is 59.1 Å². The number of aliphatic hydroxyl groups excluding tert-OH is 1. The van der Waals surface area contributed by atoms with Gasteiger partial charge in [-0.3, -0.25) is 62.7 Å². The SMILES string of the molecule is CCCCCCCC(=O)N[C@@H](C)C(=O)N[C@H](Cc1ccc(Br)cc1)C(=O)N[C@@H](CCCN=C(N)N)C(=O)N[C@@H](CC(C)C)C(=O)N1C[C@H](O)C[C@H]1C(=O)N[C@@H](CC(C)C)C(=O)N[C@@H](CC(=O)O)C(=O)N[C@@H](CCCN=C(N)N)C(=O)N[C@H](C(N)=O)[C@@H](C)CC. The number of guanidine groups is 2. The molecule has 30 heteroatoms. The first-order valence-corrected chi connectivity index (χ1v) is 31.4. The molecule has 1 saturated heterocycles. The fourth-order valence-electron chi connectivity index (χ4n) is 9.80. The number of halogens is 1. The number of aliphatic carboxylic acids is 1. The topological polar surface area (TPSA) is 483 Å². The highest BCUT2D eigenvalue weighted by atomic mass is 79.9. The first-order valence-electron chi connectivity index (χ1n) is 30.6. The number of β-amino-alcohol motifs (C(OH)–C–C–N with tert-alkyl or cyclic N) is 1. The number of rotatable bonds is 41. The summed E-state index contributed by atoms with van der Waals surface area (Å²) in [5, 5.41) is 41.9. The van der Waals surface area contributed by atoms with E-state index in [0.717, 1.165) is 35.1 Å². The molecule has 1 aromatic rings. The second-order valence-electron chi connectivity index (χ2n) is 23.6. The number of primary amides is 1. The molecule has 89 heavy (non-hydrogen) atoms. The van der Waals surface area contributed by atoms with Crippen LogP contribution in [-0.4, -0.2) is 172 Å². The van der Waals surface area contributed by atoms with Gasteiger partial charge in [0.1, 0.15) is 54.4 Å². The Morgan fingerprint density at radius 2 is 1.08 bits per heavy atom. The van der Waals surface area contributed by atoms with Crippen molar-refractivity contribution < 1.29 is 63.0 Å². The number of aliphatic hydroxyl groups is 1. The Kier molecular flexibility index (Phi) is 34.9. The summed E-state index contributed by atoms with van der Waals surface area (Å²) in [4.78, 5) is 160. The van der Waals surface area contributed by atoms with Gasteiger partial charge in [0.25, 0.3) is 0 Å². The lowest BCUT2D eigenvalue weighted by Gasteiger charge is -2.32. The molecule has 20 N–H and O–H groups in total. The maximum Gasteiger partial charge on any atom is 0.305 e. The van der Waals surface area contributed by atoms with Crippen LogP contribution in [0.25, 0.3) is 0 Å². The highest BCUT2D eigenvalue weighted by Crippen LogP contribution is 2.23. The number of likely N-dealkylation sites (tertiary alicyclic amines) is 1. The van der Waals surface area contributed by atoms with E-state index in [2.05, 4.69) is 75.4 Å². The lowest BCUT2D eigenvalue weighted by Crippen LogP contribution is -2.60. The smallest absolute Gasteiger partial charge is 0.305 e. The molecule has 10 amide bonds. The summed E-state index contributed by atoms with van der Waals surface area (Å²) in [5.74, 6) is -11.1. The van der Waals surface area contributed by atoms with Crippen molar-refractivity contribution in [2.45, 2.75) is 219 Å². The Hall–Kier alpha value is -7.63. The Morgan fingerprint density at radius 1 is 0.596 bits per heavy atom. The molecule has 29 nitrogen and oxygen atoms in total. The summed E-state index contributed by atoms with van der Waals surface area (Å²) in [7, 11) is 0. The predicted molar refractivity (Wildman–Crippen MR) is 338 cm³/mol. The average Bonchev–Trinajstić information content (AvgIpc) is 2.01. The minimum absolute atomic E-state index is 0.00143. The van der Waals surface area contributed by atoms with Crippen LogP contribution in [0, 0.1) is 17.8 Å². The van der Waals surface area contributed by atoms with Crippen molar-refractivity contribution in [3.05, 3.63) is 34.3 Å². The maximum absolute atomic E-state index is 14.8. The largest absolute Gasteiger partial charge is 0.481 e. The summed E-state index contributed by atoms with van der Waals surface area (Å²) in [6, 6.07) is -5.35. The van der Waals surface area contributed by atoms with Gasteiger partial charge in [-0.05, 0) is 87.3 Å². The molecule has 1 aromatic carbocycles. The van der Waals surface area contributed by atoms with Crippen molar-refractivity contribution in [3.8, 4) is 0 Å². The molecule has 1 aliphatic heterocycles. The Morgan fingerprint density at radius 3 is 1.60 bits per heavy atom. The summed E-state index contributed by atoms with van der Waals surface area (Å²) in [6.07, 6.45) is 2.66. The van der Waals surface area contributed by atoms with E-state index in [4.69, 9.17) is 28.7 Å². The fraction of sp³-hybridized carbons (Fsp3) is 0.678. The van der Waals surface area contributed by atoms with Crippen molar-refractivity contribution in [3.63, 3.8) is 0 Å². The predicted octanol–water partition coefficient (Wildman–Crippen LogP) is -0.582. The third-order valence-electron chi connectivity index (χ3n) is 14.8. The summed E-state index contributed by atoms with van der Waals surface area (Å²) >= 11 is 3.40. The monoisotopic (exact) mass is 1320 g/mol. The van der Waals surface area contributed by atoms with Gasteiger partial charge >= 0.3 is 5.97 Å². The molecule has 0 aromatic heterocycles. The number of carbonyl (C=O) groups excluding carboxylic acids is 10. The van der Waals surface area contributed by atoms with E-state index in [1.165, 1.54) is 6.92 Å². The zero-order chi connectivity index (χ0) is 67.1. The van der Waals surface area contributed by atoms with E-state index < -0.39 is 132 Å². The molecular formula is C59H99BrN16O13. The zero-order valence-corrected chi connectivity index (χ0v) is 54.3. The van der Waals surface area contributed by atoms with Crippen molar-refractivity contribution in [1.29, 1.82) is 0 Å². The second-order valence-corrected chi connectivity index (χ2v) is 24.5. The van der Waals surface area contributed by atoms with Crippen molar-refractivity contribution in [2.75, 3.05) is 19.6 Å². The van der Waals surface area contributed by atoms with Crippen LogP contribution in [0.15, 0.2) is 38.7 Å². The molecule has 11 atom stereocenters. The minimum atomic E-state index is -1.83. The lowest BCUT2D eigenvalue weighted by atomic mass is 9.97. The van der Waals surface area contributed by atoms with Gasteiger partial charge in [0.15, 0.2) is 11.9 Å². The third kappa shape index (κ3) is 29.5. The van der Waals surface area contributed by atoms with Gasteiger partial charge in [0.05, 0.1) is 12.5 Å². The van der Waals surface area contributed by atoms with Crippen molar-refractivity contribution >= 4 is 92.9 Å². The van der Waals surface area contributed by atoms with E-state index in [1.807, 2.05) is 0 Å². The Bertz CT molecular complexity index is 2580. The summed E-state index contributed by atoms with van der Waals surface area (Å²) in [6.45, 7) is 13.7. The van der Waals surface area contributed by atoms with Crippen LogP contribution < -0.4 is 71.2 Å². The number of hydrogen-bond donors (Lipinski definition) is 15. The van der Waals surface area contributed by atoms with Crippen LogP contribution >= 0.6 is 15.9 Å². The number of nitrogens with one attached hydrogen (secondary N) is 8. The molecule has 0 radical (unpaired) electrons. The van der Waals surface area contributed by atoms with Crippen LogP contribution in [0.5, 0.6) is 0 Å². The van der Waals surface area contributed by atoms with Crippen LogP contribution in [0.2, 0.25) is 0 Å². The normalized spacial score (nSPS) is 16.7. The maximum atomic E-state index is 14.8. The number of hydrogen-bond acceptors (Lipinski definition) is 14. The van der Waals surface area contributed by atoms with Crippen molar-refractivity contribution in [1.82, 2.24) is 47.4 Å². The van der Waals surface area contributed by atoms with Crippen LogP contribution in [0.4, 0.5) is 0 Å². The molecular weight excluding hydrogens is 1220 g/mol. The molecule has 0 unspecified atom stereocenters. The van der Waals surface area contributed by atoms with E-state index in [9.17, 15) is 63.0 Å². The third-order valence-corrected chi connectivity index (χ3v) is 15.3. The number of benzene rings is 1. The molecule has 1 heterocycles. The summed E-state index contributed by atoms with van der Waals surface area (Å²) in [5.41, 5.74) is 28.3. The quantitative estimate of drug-likeness (QED) is 0.0221. The van der Waals surface area contributed by atoms with Crippen LogP contribution in [0.3, 0.4) is 0 Å². The molecule has 1 aliphatic rings. The minimum Gasteiger partial charge on any atom is -0.481 e. The molecule has 2 rings (SSSR count). The Labute approximate surface area is 530 Å². The highest BCUT2D eigenvalue weighted by molar-refractivity contribution is 9.10. The van der Waals surface area contributed by atoms with E-state index in [0.29, 0.717) is 18.4 Å². The number of nitrogens with zero attached hydrogens (tertiary/aromatic N) is 3. The van der Waals surface area contributed by atoms with Gasteiger partial charge < -0.3 is 86.3 Å². The van der Waals surface area contributed by atoms with Gasteiger partial charge in [-0.2, -0.15) is 0 Å². The first-order chi connectivity index (χ1) is 41.9. The summed E-state index contributed by atoms with van der Waals surface area (Å²) < 4.78 is 0.755. The molecule has 0 aliphatic carbocycles. The van der Waals surface area contributed by atoms with E-state index in [1.54, 1.807) is 65.8 Å². The number of amides is 10. The zero-order valence-electron chi connectivity index (χ0n) is 52.7. The van der Waals surface area contributed by atoms with Crippen LogP contribution in [-0.2, 0) is 59.2 Å². The van der Waals surface area contributed by atoms with Crippen LogP contribution in [0.1, 0.15) is 157 Å². The molecule has 0 saturated carbocycles. The molecule has 1 fully saturated rings. The standard InChI is InChI=1S/C59H99BrN16O13/c1-9-11-12-13-14-19-46(78)68-35(8)50(82)71-42(28-36-20-22-37(60)23-21-36)54(86)69-39(17-15-24-66-58(62)63)51(83)74-44(27-33(5)6)57(89)76-31-38(77)29-45(76)56(88)73-41(26-32(3)4)53(85)72-43(30-47(79)80)55(87)70-40(18-16-25-67-59(64)65)52(84)75-48(49(61)81)34(7)10-2/h20-23,32-35,38-45,48,77H,9-19,24-31H2,1-8H3,(H2,61,81)(H,68,78)(H,69,86)(H,70,87)(H,71,82)(H,72,85)(H,73,88)(H,74,83)(H,75,84)(H,79,80)(H4,62,63,66)(H4,64,65,67)/t34-,35-,38+,39-,40-,41-,42+,43-,44-,45-,48-/m0/s1. The molecule has 500 valence electrons. The number of carbonyl (C=O) groups is 11. The molecule has 0 spiro atoms. The fourth-order valence-corrected chi connectivity index (χ4v) is 10.1. The van der Waals surface area contributed by atoms with Gasteiger partial charge in [-0.25, -0.2) is 0 Å². The lowest BCUT2D eigenvalue weighted by molar-refractivity contribution is -0.143. The first kappa shape index (κ1) is 77.5. The van der Waals surface area contributed by atoms with E-state index in [-0.39, 0.29) is 107 Å². The number of carboxylic acid groups (broad SMARTS) is 1. The number of aliphatic imine (C=N–C) groups is 2. The van der Waals surface area contributed by atoms with Gasteiger partial charge in [-0.1, -0.05) is 109 Å². The number of carboxylic acids is 1. The highest BCUT2D eigenvalue weighted by Gasteiger charge is 2.44.